The first kappa shape index (κ1) is 23.7. The Morgan fingerprint density at radius 1 is 1.17 bits per heavy atom. The van der Waals surface area contributed by atoms with Crippen LogP contribution in [0.1, 0.15) is 44.4 Å². The molecule has 2 rings (SSSR count). The van der Waals surface area contributed by atoms with E-state index in [1.165, 1.54) is 0 Å². The van der Waals surface area contributed by atoms with Gasteiger partial charge in [0.2, 0.25) is 0 Å². The predicted octanol–water partition coefficient (Wildman–Crippen LogP) is 2.82. The Hall–Kier alpha value is -2.61. The van der Waals surface area contributed by atoms with E-state index in [-0.39, 0.29) is 6.10 Å². The van der Waals surface area contributed by atoms with Gasteiger partial charge in [0.25, 0.3) is 0 Å². The van der Waals surface area contributed by atoms with Crippen LogP contribution in [0.15, 0.2) is 29.3 Å². The van der Waals surface area contributed by atoms with Gasteiger partial charge >= 0.3 is 0 Å². The van der Waals surface area contributed by atoms with E-state index in [4.69, 9.17) is 14.5 Å². The summed E-state index contributed by atoms with van der Waals surface area (Å²) in [6, 6.07) is 7.94. The molecule has 30 heavy (non-hydrogen) atoms. The molecule has 0 saturated carbocycles. The molecule has 166 valence electrons. The van der Waals surface area contributed by atoms with Crippen molar-refractivity contribution >= 4 is 5.96 Å². The van der Waals surface area contributed by atoms with Gasteiger partial charge in [-0.2, -0.15) is 0 Å². The molecule has 0 aliphatic heterocycles. The third-order valence-corrected chi connectivity index (χ3v) is 5.02. The van der Waals surface area contributed by atoms with E-state index in [0.717, 1.165) is 48.5 Å². The van der Waals surface area contributed by atoms with Gasteiger partial charge < -0.3 is 24.7 Å². The van der Waals surface area contributed by atoms with Crippen LogP contribution in [0.2, 0.25) is 0 Å². The number of benzene rings is 1. The van der Waals surface area contributed by atoms with Crippen LogP contribution in [-0.2, 0) is 24.9 Å². The van der Waals surface area contributed by atoms with Crippen molar-refractivity contribution in [1.82, 2.24) is 25.4 Å². The number of aliphatic imine (C=N–C) groups is 1. The summed E-state index contributed by atoms with van der Waals surface area (Å²) >= 11 is 0. The fourth-order valence-electron chi connectivity index (χ4n) is 3.00. The van der Waals surface area contributed by atoms with Crippen LogP contribution in [-0.4, -0.2) is 47.1 Å². The molecule has 0 aliphatic carbocycles. The summed E-state index contributed by atoms with van der Waals surface area (Å²) in [4.78, 5) is 4.74. The molecule has 0 bridgehead atoms. The zero-order valence-electron chi connectivity index (χ0n) is 19.1. The lowest BCUT2D eigenvalue weighted by atomic mass is 10.0. The number of aromatic nitrogens is 3. The van der Waals surface area contributed by atoms with Gasteiger partial charge in [-0.05, 0) is 43.9 Å². The monoisotopic (exact) mass is 416 g/mol. The van der Waals surface area contributed by atoms with Gasteiger partial charge in [0.15, 0.2) is 11.8 Å². The molecular weight excluding hydrogens is 380 g/mol. The average molecular weight is 417 g/mol. The number of nitrogens with one attached hydrogen (secondary N) is 2. The highest BCUT2D eigenvalue weighted by Gasteiger charge is 2.13. The van der Waals surface area contributed by atoms with Gasteiger partial charge in [-0.1, -0.05) is 26.0 Å². The van der Waals surface area contributed by atoms with Crippen LogP contribution in [0.4, 0.5) is 0 Å². The molecule has 0 aliphatic rings. The van der Waals surface area contributed by atoms with E-state index in [0.29, 0.717) is 19.0 Å². The first-order valence-corrected chi connectivity index (χ1v) is 10.6. The predicted molar refractivity (Wildman–Crippen MR) is 120 cm³/mol. The minimum absolute atomic E-state index is 0.228. The highest BCUT2D eigenvalue weighted by atomic mass is 16.5. The molecule has 0 saturated heterocycles. The molecule has 2 aromatic rings. The van der Waals surface area contributed by atoms with Crippen molar-refractivity contribution in [3.8, 4) is 5.75 Å². The first-order valence-electron chi connectivity index (χ1n) is 10.6. The molecule has 0 spiro atoms. The van der Waals surface area contributed by atoms with Gasteiger partial charge in [0.05, 0.1) is 26.3 Å². The molecule has 0 amide bonds. The summed E-state index contributed by atoms with van der Waals surface area (Å²) in [6.45, 7) is 11.0. The molecule has 0 fully saturated rings. The zero-order chi connectivity index (χ0) is 21.9. The maximum absolute atomic E-state index is 5.85. The van der Waals surface area contributed by atoms with Crippen molar-refractivity contribution in [3.05, 3.63) is 41.5 Å². The zero-order valence-corrected chi connectivity index (χ0v) is 19.1. The van der Waals surface area contributed by atoms with E-state index in [1.807, 2.05) is 49.7 Å². The van der Waals surface area contributed by atoms with Crippen LogP contribution < -0.4 is 15.4 Å². The summed E-state index contributed by atoms with van der Waals surface area (Å²) < 4.78 is 13.0. The second-order valence-corrected chi connectivity index (χ2v) is 7.54. The maximum atomic E-state index is 5.85. The summed E-state index contributed by atoms with van der Waals surface area (Å²) in [5, 5.41) is 15.1. The third kappa shape index (κ3) is 7.33. The Balaban J connectivity index is 2.01. The van der Waals surface area contributed by atoms with E-state index < -0.39 is 0 Å². The lowest BCUT2D eigenvalue weighted by Gasteiger charge is -2.21. The largest absolute Gasteiger partial charge is 0.497 e. The fourth-order valence-corrected chi connectivity index (χ4v) is 3.00. The number of hydrogen-bond donors (Lipinski definition) is 2. The summed E-state index contributed by atoms with van der Waals surface area (Å²) in [5.41, 5.74) is 1.11. The summed E-state index contributed by atoms with van der Waals surface area (Å²) in [6.07, 6.45) is 1.14. The van der Waals surface area contributed by atoms with Crippen LogP contribution in [0.3, 0.4) is 0 Å². The number of aryl methyl sites for hydroxylation is 1. The molecule has 1 unspecified atom stereocenters. The Kier molecular flexibility index (Phi) is 9.60. The number of guanidine groups is 1. The molecule has 1 aromatic carbocycles. The van der Waals surface area contributed by atoms with E-state index >= 15 is 0 Å². The smallest absolute Gasteiger partial charge is 0.191 e. The number of rotatable bonds is 11. The Labute approximate surface area is 180 Å². The number of hydrogen-bond acceptors (Lipinski definition) is 5. The second-order valence-electron chi connectivity index (χ2n) is 7.54. The van der Waals surface area contributed by atoms with Crippen molar-refractivity contribution in [2.45, 2.75) is 53.3 Å². The van der Waals surface area contributed by atoms with Crippen molar-refractivity contribution in [1.29, 1.82) is 0 Å². The standard InChI is InChI=1S/C22H36N6O2/c1-7-30-20(16(2)3)12-13-23-22(25-15-21-27-26-17(4)28(21)5)24-14-18-8-10-19(29-6)11-9-18/h8-11,16,20H,7,12-15H2,1-6H3,(H2,23,24,25). The SMILES string of the molecule is CCOC(CCNC(=NCc1ccc(OC)cc1)NCc1nnc(C)n1C)C(C)C. The second kappa shape index (κ2) is 12.2. The highest BCUT2D eigenvalue weighted by Crippen LogP contribution is 2.12. The first-order chi connectivity index (χ1) is 14.4. The molecule has 0 radical (unpaired) electrons. The minimum Gasteiger partial charge on any atom is -0.497 e. The van der Waals surface area contributed by atoms with Crippen LogP contribution in [0.25, 0.3) is 0 Å². The lowest BCUT2D eigenvalue weighted by Crippen LogP contribution is -2.39. The highest BCUT2D eigenvalue weighted by molar-refractivity contribution is 5.79. The van der Waals surface area contributed by atoms with E-state index in [9.17, 15) is 0 Å². The number of methoxy groups -OCH3 is 1. The Morgan fingerprint density at radius 3 is 2.47 bits per heavy atom. The molecule has 1 atom stereocenters. The molecule has 1 heterocycles. The molecule has 8 heteroatoms. The minimum atomic E-state index is 0.228. The van der Waals surface area contributed by atoms with Gasteiger partial charge in [0, 0.05) is 20.2 Å². The van der Waals surface area contributed by atoms with Crippen molar-refractivity contribution in [3.63, 3.8) is 0 Å². The van der Waals surface area contributed by atoms with Crippen LogP contribution in [0, 0.1) is 12.8 Å². The number of nitrogens with zero attached hydrogens (tertiary/aromatic N) is 4. The van der Waals surface area contributed by atoms with Crippen molar-refractivity contribution in [2.75, 3.05) is 20.3 Å². The lowest BCUT2D eigenvalue weighted by molar-refractivity contribution is 0.0258. The molecule has 2 N–H and O–H groups in total. The molecular formula is C22H36N6O2. The quantitative estimate of drug-likeness (QED) is 0.433. The Bertz CT molecular complexity index is 785. The number of ether oxygens (including phenoxy) is 2. The van der Waals surface area contributed by atoms with Gasteiger partial charge in [-0.3, -0.25) is 0 Å². The molecule has 1 aromatic heterocycles. The normalized spacial score (nSPS) is 12.8. The Morgan fingerprint density at radius 2 is 1.90 bits per heavy atom. The van der Waals surface area contributed by atoms with Crippen LogP contribution >= 0.6 is 0 Å². The average Bonchev–Trinajstić information content (AvgIpc) is 3.06. The summed E-state index contributed by atoms with van der Waals surface area (Å²) in [7, 11) is 3.63. The van der Waals surface area contributed by atoms with E-state index in [1.54, 1.807) is 7.11 Å². The summed E-state index contributed by atoms with van der Waals surface area (Å²) in [5.74, 6) is 3.80. The topological polar surface area (TPSA) is 85.6 Å². The fraction of sp³-hybridized carbons (Fsp3) is 0.591. The van der Waals surface area contributed by atoms with Gasteiger partial charge in [0.1, 0.15) is 11.6 Å². The molecule has 8 nitrogen and oxygen atoms in total. The van der Waals surface area contributed by atoms with E-state index in [2.05, 4.69) is 34.7 Å². The van der Waals surface area contributed by atoms with Gasteiger partial charge in [-0.15, -0.1) is 10.2 Å². The van der Waals surface area contributed by atoms with Crippen molar-refractivity contribution < 1.29 is 9.47 Å². The maximum Gasteiger partial charge on any atom is 0.191 e. The third-order valence-electron chi connectivity index (χ3n) is 5.02. The van der Waals surface area contributed by atoms with Gasteiger partial charge in [-0.25, -0.2) is 4.99 Å². The van der Waals surface area contributed by atoms with Crippen LogP contribution in [0.5, 0.6) is 5.75 Å². The van der Waals surface area contributed by atoms with Crippen molar-refractivity contribution in [2.24, 2.45) is 18.0 Å².